The number of nitrogens with one attached hydrogen (secondary N) is 2. The van der Waals surface area contributed by atoms with E-state index in [1.807, 2.05) is 36.4 Å². The third kappa shape index (κ3) is 3.91. The Hall–Kier alpha value is -2.18. The number of rotatable bonds is 7. The lowest BCUT2D eigenvalue weighted by Crippen LogP contribution is -2.14. The third-order valence-electron chi connectivity index (χ3n) is 2.66. The van der Waals surface area contributed by atoms with Crippen molar-refractivity contribution in [3.05, 3.63) is 36.4 Å². The van der Waals surface area contributed by atoms with E-state index >= 15 is 0 Å². The Balaban J connectivity index is 2.17. The molecule has 6 N–H and O–H groups in total. The zero-order valence-corrected chi connectivity index (χ0v) is 11.3. The maximum atomic E-state index is 5.47. The van der Waals surface area contributed by atoms with Crippen LogP contribution in [0.15, 0.2) is 36.4 Å². The number of aromatic nitrogens is 2. The average Bonchev–Trinajstić information content (AvgIpc) is 2.51. The van der Waals surface area contributed by atoms with Crippen molar-refractivity contribution in [2.45, 2.75) is 0 Å². The van der Waals surface area contributed by atoms with Gasteiger partial charge in [0.15, 0.2) is 0 Å². The lowest BCUT2D eigenvalue weighted by Gasteiger charge is -2.08. The van der Waals surface area contributed by atoms with Gasteiger partial charge in [-0.1, -0.05) is 12.1 Å². The number of hydrogen-bond acceptors (Lipinski definition) is 6. The first-order valence-corrected chi connectivity index (χ1v) is 6.66. The second kappa shape index (κ2) is 7.42. The molecule has 0 aromatic carbocycles. The molecule has 20 heavy (non-hydrogen) atoms. The van der Waals surface area contributed by atoms with E-state index in [9.17, 15) is 0 Å². The minimum atomic E-state index is 0.572. The van der Waals surface area contributed by atoms with Crippen LogP contribution < -0.4 is 22.1 Å². The summed E-state index contributed by atoms with van der Waals surface area (Å²) >= 11 is 0. The van der Waals surface area contributed by atoms with Crippen molar-refractivity contribution < 1.29 is 0 Å². The molecule has 0 spiro atoms. The van der Waals surface area contributed by atoms with Gasteiger partial charge in [0, 0.05) is 26.2 Å². The van der Waals surface area contributed by atoms with Crippen LogP contribution in [-0.2, 0) is 0 Å². The van der Waals surface area contributed by atoms with Crippen LogP contribution in [0.5, 0.6) is 0 Å². The van der Waals surface area contributed by atoms with Crippen LogP contribution in [0.2, 0.25) is 0 Å². The Morgan fingerprint density at radius 2 is 1.20 bits per heavy atom. The van der Waals surface area contributed by atoms with Crippen molar-refractivity contribution >= 4 is 11.6 Å². The molecule has 0 fully saturated rings. The summed E-state index contributed by atoms with van der Waals surface area (Å²) in [4.78, 5) is 9.04. The monoisotopic (exact) mass is 272 g/mol. The largest absolute Gasteiger partial charge is 0.369 e. The molecular formula is C14H20N6. The predicted molar refractivity (Wildman–Crippen MR) is 82.6 cm³/mol. The second-order valence-electron chi connectivity index (χ2n) is 4.25. The number of nitrogens with zero attached hydrogens (tertiary/aromatic N) is 2. The maximum Gasteiger partial charge on any atom is 0.126 e. The minimum Gasteiger partial charge on any atom is -0.369 e. The van der Waals surface area contributed by atoms with Crippen LogP contribution in [-0.4, -0.2) is 36.1 Å². The van der Waals surface area contributed by atoms with E-state index < -0.39 is 0 Å². The van der Waals surface area contributed by atoms with Gasteiger partial charge in [-0.15, -0.1) is 0 Å². The molecule has 0 unspecified atom stereocenters. The summed E-state index contributed by atoms with van der Waals surface area (Å²) in [5.74, 6) is 1.60. The van der Waals surface area contributed by atoms with Crippen LogP contribution in [0, 0.1) is 0 Å². The molecule has 6 heteroatoms. The molecule has 106 valence electrons. The average molecular weight is 272 g/mol. The number of anilines is 2. The Morgan fingerprint density at radius 3 is 1.60 bits per heavy atom. The van der Waals surface area contributed by atoms with Crippen molar-refractivity contribution in [3.8, 4) is 11.4 Å². The molecule has 0 atom stereocenters. The summed E-state index contributed by atoms with van der Waals surface area (Å²) in [7, 11) is 0. The molecule has 0 saturated heterocycles. The van der Waals surface area contributed by atoms with Gasteiger partial charge in [-0.2, -0.15) is 0 Å². The summed E-state index contributed by atoms with van der Waals surface area (Å²) in [6, 6.07) is 11.6. The van der Waals surface area contributed by atoms with E-state index in [0.29, 0.717) is 26.2 Å². The van der Waals surface area contributed by atoms with Crippen LogP contribution in [0.3, 0.4) is 0 Å². The quantitative estimate of drug-likeness (QED) is 0.597. The first kappa shape index (κ1) is 14.2. The van der Waals surface area contributed by atoms with Gasteiger partial charge in [0.05, 0.1) is 11.4 Å². The van der Waals surface area contributed by atoms with Gasteiger partial charge < -0.3 is 22.1 Å². The minimum absolute atomic E-state index is 0.572. The molecule has 0 aliphatic rings. The van der Waals surface area contributed by atoms with Gasteiger partial charge in [0.25, 0.3) is 0 Å². The van der Waals surface area contributed by atoms with Crippen molar-refractivity contribution in [3.63, 3.8) is 0 Å². The summed E-state index contributed by atoms with van der Waals surface area (Å²) in [6.45, 7) is 2.54. The summed E-state index contributed by atoms with van der Waals surface area (Å²) in [5, 5.41) is 6.31. The highest BCUT2D eigenvalue weighted by Crippen LogP contribution is 2.18. The zero-order valence-electron chi connectivity index (χ0n) is 11.3. The Kier molecular flexibility index (Phi) is 5.28. The van der Waals surface area contributed by atoms with Crippen LogP contribution >= 0.6 is 0 Å². The summed E-state index contributed by atoms with van der Waals surface area (Å²) in [6.07, 6.45) is 0. The molecule has 0 aliphatic heterocycles. The topological polar surface area (TPSA) is 102 Å². The molecule has 0 aliphatic carbocycles. The highest BCUT2D eigenvalue weighted by atomic mass is 15.0. The first-order valence-electron chi connectivity index (χ1n) is 6.66. The SMILES string of the molecule is NCCNc1cccc(-c2cccc(NCCN)n2)n1. The predicted octanol–water partition coefficient (Wildman–Crippen LogP) is 0.885. The van der Waals surface area contributed by atoms with Gasteiger partial charge in [0.1, 0.15) is 11.6 Å². The molecule has 0 saturated carbocycles. The van der Waals surface area contributed by atoms with Gasteiger partial charge >= 0.3 is 0 Å². The normalized spacial score (nSPS) is 10.3. The lowest BCUT2D eigenvalue weighted by atomic mass is 10.2. The Labute approximate surface area is 118 Å². The first-order chi connectivity index (χ1) is 9.83. The van der Waals surface area contributed by atoms with Gasteiger partial charge in [-0.05, 0) is 24.3 Å². The van der Waals surface area contributed by atoms with Crippen LogP contribution in [0.1, 0.15) is 0 Å². The molecule has 0 radical (unpaired) electrons. The van der Waals surface area contributed by atoms with Crippen molar-refractivity contribution in [1.82, 2.24) is 9.97 Å². The second-order valence-corrected chi connectivity index (χ2v) is 4.25. The Bertz CT molecular complexity index is 493. The molecule has 2 aromatic heterocycles. The smallest absolute Gasteiger partial charge is 0.126 e. The number of hydrogen-bond donors (Lipinski definition) is 4. The Morgan fingerprint density at radius 1 is 0.750 bits per heavy atom. The molecule has 0 bridgehead atoms. The standard InChI is InChI=1S/C14H20N6/c15-7-9-17-13-5-1-3-11(19-13)12-4-2-6-14(20-12)18-10-8-16/h1-6H,7-10,15-16H2,(H,17,19)(H,18,20). The van der Waals surface area contributed by atoms with Crippen LogP contribution in [0.25, 0.3) is 11.4 Å². The molecule has 2 heterocycles. The van der Waals surface area contributed by atoms with E-state index in [2.05, 4.69) is 20.6 Å². The fraction of sp³-hybridized carbons (Fsp3) is 0.286. The zero-order chi connectivity index (χ0) is 14.2. The molecular weight excluding hydrogens is 252 g/mol. The fourth-order valence-electron chi connectivity index (χ4n) is 1.75. The van der Waals surface area contributed by atoms with E-state index in [0.717, 1.165) is 23.0 Å². The van der Waals surface area contributed by atoms with E-state index in [1.165, 1.54) is 0 Å². The van der Waals surface area contributed by atoms with Gasteiger partial charge in [-0.25, -0.2) is 9.97 Å². The fourth-order valence-corrected chi connectivity index (χ4v) is 1.75. The highest BCUT2D eigenvalue weighted by molar-refractivity contribution is 5.59. The maximum absolute atomic E-state index is 5.47. The number of nitrogens with two attached hydrogens (primary N) is 2. The van der Waals surface area contributed by atoms with Crippen molar-refractivity contribution in [2.24, 2.45) is 11.5 Å². The lowest BCUT2D eigenvalue weighted by molar-refractivity contribution is 1.01. The summed E-state index contributed by atoms with van der Waals surface area (Å²) in [5.41, 5.74) is 12.6. The molecule has 6 nitrogen and oxygen atoms in total. The number of pyridine rings is 2. The summed E-state index contributed by atoms with van der Waals surface area (Å²) < 4.78 is 0. The van der Waals surface area contributed by atoms with Crippen molar-refractivity contribution in [2.75, 3.05) is 36.8 Å². The van der Waals surface area contributed by atoms with E-state index in [-0.39, 0.29) is 0 Å². The molecule has 0 amide bonds. The van der Waals surface area contributed by atoms with Gasteiger partial charge in [0.2, 0.25) is 0 Å². The van der Waals surface area contributed by atoms with Gasteiger partial charge in [-0.3, -0.25) is 0 Å². The third-order valence-corrected chi connectivity index (χ3v) is 2.66. The van der Waals surface area contributed by atoms with E-state index in [4.69, 9.17) is 11.5 Å². The highest BCUT2D eigenvalue weighted by Gasteiger charge is 2.03. The molecule has 2 rings (SSSR count). The van der Waals surface area contributed by atoms with E-state index in [1.54, 1.807) is 0 Å². The molecule has 2 aromatic rings. The van der Waals surface area contributed by atoms with Crippen LogP contribution in [0.4, 0.5) is 11.6 Å². The van der Waals surface area contributed by atoms with Crippen molar-refractivity contribution in [1.29, 1.82) is 0 Å².